The van der Waals surface area contributed by atoms with E-state index in [9.17, 15) is 33.9 Å². The summed E-state index contributed by atoms with van der Waals surface area (Å²) in [5.74, 6) is -1.79. The number of rotatable bonds is 24. The summed E-state index contributed by atoms with van der Waals surface area (Å²) in [6.45, 7) is 4.20. The van der Waals surface area contributed by atoms with Gasteiger partial charge in [0.05, 0.1) is 5.92 Å². The number of carbonyl (C=O) groups excluding carboxylic acids is 4. The fourth-order valence-electron chi connectivity index (χ4n) is 6.09. The minimum absolute atomic E-state index is 0.0931. The monoisotopic (exact) mass is 825 g/mol. The number of benzene rings is 3. The fourth-order valence-corrected chi connectivity index (χ4v) is 6.09. The van der Waals surface area contributed by atoms with Crippen LogP contribution < -0.4 is 64.9 Å². The Bertz CT molecular complexity index is 2120. The van der Waals surface area contributed by atoms with Gasteiger partial charge in [0.1, 0.15) is 23.2 Å². The molecular formula is C42H55N11O7. The third-order valence-electron chi connectivity index (χ3n) is 9.23. The topological polar surface area (TPSA) is 283 Å². The second kappa shape index (κ2) is 24.1. The van der Waals surface area contributed by atoms with Crippen molar-refractivity contribution in [2.24, 2.45) is 16.5 Å². The Morgan fingerprint density at radius 3 is 2.07 bits per heavy atom. The molecule has 4 aromatic carbocycles. The lowest BCUT2D eigenvalue weighted by Gasteiger charge is -2.24. The van der Waals surface area contributed by atoms with E-state index in [-0.39, 0.29) is 61.6 Å². The van der Waals surface area contributed by atoms with Crippen LogP contribution in [-0.2, 0) is 20.9 Å². The molecule has 0 aliphatic carbocycles. The highest BCUT2D eigenvalue weighted by molar-refractivity contribution is 5.93. The van der Waals surface area contributed by atoms with Crippen molar-refractivity contribution in [2.75, 3.05) is 61.8 Å². The first-order valence-corrected chi connectivity index (χ1v) is 19.9. The van der Waals surface area contributed by atoms with Crippen LogP contribution in [0.5, 0.6) is 5.75 Å². The molecule has 4 aromatic rings. The number of aromatic hydroxyl groups is 1. The molecule has 0 bridgehead atoms. The van der Waals surface area contributed by atoms with Gasteiger partial charge in [0.15, 0.2) is 5.96 Å². The lowest BCUT2D eigenvalue weighted by atomic mass is 9.89. The van der Waals surface area contributed by atoms with Gasteiger partial charge in [0.25, 0.3) is 10.9 Å². The molecule has 0 aliphatic rings. The van der Waals surface area contributed by atoms with Crippen LogP contribution in [0.4, 0.5) is 21.9 Å². The van der Waals surface area contributed by atoms with Crippen molar-refractivity contribution in [1.82, 2.24) is 26.6 Å². The van der Waals surface area contributed by atoms with Crippen molar-refractivity contribution in [1.29, 1.82) is 0 Å². The van der Waals surface area contributed by atoms with Crippen molar-refractivity contribution >= 4 is 46.8 Å². The van der Waals surface area contributed by atoms with Gasteiger partial charge in [-0.15, -0.1) is 0 Å². The van der Waals surface area contributed by atoms with E-state index < -0.39 is 40.7 Å². The van der Waals surface area contributed by atoms with Gasteiger partial charge in [-0.3, -0.25) is 24.0 Å². The molecule has 18 heteroatoms. The van der Waals surface area contributed by atoms with Gasteiger partial charge in [0.2, 0.25) is 17.7 Å². The molecular weight excluding hydrogens is 771 g/mol. The van der Waals surface area contributed by atoms with Crippen molar-refractivity contribution in [3.05, 3.63) is 116 Å². The van der Waals surface area contributed by atoms with E-state index in [1.54, 1.807) is 19.1 Å². The molecule has 2 atom stereocenters. The Morgan fingerprint density at radius 2 is 1.37 bits per heavy atom. The molecule has 0 saturated heterocycles. The minimum atomic E-state index is -0.963. The van der Waals surface area contributed by atoms with Gasteiger partial charge < -0.3 is 59.1 Å². The molecule has 0 radical (unpaired) electrons. The highest BCUT2D eigenvalue weighted by Crippen LogP contribution is 2.27. The molecule has 4 rings (SSSR count). The molecule has 18 nitrogen and oxygen atoms in total. The van der Waals surface area contributed by atoms with E-state index in [0.29, 0.717) is 56.6 Å². The average molecular weight is 826 g/mol. The zero-order valence-electron chi connectivity index (χ0n) is 33.6. The molecule has 0 aromatic heterocycles. The normalized spacial score (nSPS) is 12.1. The molecule has 0 heterocycles. The smallest absolute Gasteiger partial charge is 0.344 e. The van der Waals surface area contributed by atoms with E-state index in [1.807, 2.05) is 54.6 Å². The Kier molecular flexibility index (Phi) is 18.4. The summed E-state index contributed by atoms with van der Waals surface area (Å²) in [4.78, 5) is 79.2. The first-order valence-electron chi connectivity index (χ1n) is 19.9. The molecule has 320 valence electrons. The summed E-state index contributed by atoms with van der Waals surface area (Å²) in [5.41, 5.74) is 13.7. The van der Waals surface area contributed by atoms with Crippen LogP contribution in [0, 0.1) is 0 Å². The number of guanidine groups is 1. The molecule has 0 spiro atoms. The number of carbonyl (C=O) groups is 4. The predicted molar refractivity (Wildman–Crippen MR) is 233 cm³/mol. The number of urea groups is 1. The van der Waals surface area contributed by atoms with Gasteiger partial charge in [-0.05, 0) is 60.2 Å². The van der Waals surface area contributed by atoms with Gasteiger partial charge in [-0.2, -0.15) is 4.99 Å². The average Bonchev–Trinajstić information content (AvgIpc) is 3.25. The van der Waals surface area contributed by atoms with E-state index >= 15 is 0 Å². The van der Waals surface area contributed by atoms with E-state index in [4.69, 9.17) is 11.5 Å². The largest absolute Gasteiger partial charge is 0.508 e. The van der Waals surface area contributed by atoms with Crippen LogP contribution in [0.2, 0.25) is 0 Å². The molecule has 0 aliphatic heterocycles. The van der Waals surface area contributed by atoms with Crippen LogP contribution in [0.25, 0.3) is 0 Å². The molecule has 1 unspecified atom stereocenters. The summed E-state index contributed by atoms with van der Waals surface area (Å²) < 4.78 is 0. The third-order valence-corrected chi connectivity index (χ3v) is 9.23. The molecule has 0 saturated carbocycles. The standard InChI is InChI=1S/C42H55N11O7/c1-2-33(55)46-23-24-50-42(60)53-41(44)49-19-7-13-32(39(58)51-26-27-14-16-31(54)17-15-27)52-40(59)34(28-9-4-3-5-10-28)29-11-6-12-30(25-29)45-20-8-21-47-35-36(48-22-18-43)38(57)37(35)56/h3-6,9-12,14-17,25,32,34,45,47-48,54H,2,7-8,13,18-24,26,43H2,1H3,(H,46,55)(H,51,58)(H,52,59)(H4,44,49,50,53,60)/t32-,34?/m1/s1. The molecule has 0 fully saturated rings. The minimum Gasteiger partial charge on any atom is -0.508 e. The number of amides is 5. The highest BCUT2D eigenvalue weighted by atomic mass is 16.3. The Balaban J connectivity index is 1.41. The van der Waals surface area contributed by atoms with Gasteiger partial charge in [0, 0.05) is 64.5 Å². The quantitative estimate of drug-likeness (QED) is 0.0205. The third kappa shape index (κ3) is 14.5. The highest BCUT2D eigenvalue weighted by Gasteiger charge is 2.28. The van der Waals surface area contributed by atoms with Crippen molar-refractivity contribution in [3.63, 3.8) is 0 Å². The second-order valence-corrected chi connectivity index (χ2v) is 13.7. The van der Waals surface area contributed by atoms with Crippen molar-refractivity contribution < 1.29 is 24.3 Å². The number of phenolic OH excluding ortho intramolecular Hbond substituents is 1. The number of aliphatic imine (C=N–C) groups is 1. The first kappa shape index (κ1) is 45.7. The number of nitrogens with two attached hydrogens (primary N) is 2. The Labute approximate surface area is 348 Å². The van der Waals surface area contributed by atoms with E-state index in [0.717, 1.165) is 11.3 Å². The summed E-state index contributed by atoms with van der Waals surface area (Å²) in [6.07, 6.45) is 1.51. The Hall–Kier alpha value is -6.95. The number of hydrogen-bond donors (Lipinski definition) is 11. The first-order chi connectivity index (χ1) is 29.0. The van der Waals surface area contributed by atoms with Gasteiger partial charge in [-0.1, -0.05) is 61.5 Å². The molecule has 5 amide bonds. The number of hydrogen-bond acceptors (Lipinski definition) is 11. The summed E-state index contributed by atoms with van der Waals surface area (Å²) in [7, 11) is 0. The lowest BCUT2D eigenvalue weighted by Crippen LogP contribution is -2.48. The SMILES string of the molecule is CCC(=O)NCCNC(=O)/N=C(/N)NCCC[C@@H](NC(=O)C(c1ccccc1)c1cccc(NCCCNc2c(NCCN)c(=O)c2=O)c1)C(=O)NCc1ccc(O)cc1. The van der Waals surface area contributed by atoms with Crippen LogP contribution >= 0.6 is 0 Å². The number of nitrogens with one attached hydrogen (secondary N) is 8. The molecule has 60 heavy (non-hydrogen) atoms. The zero-order chi connectivity index (χ0) is 43.3. The maximum absolute atomic E-state index is 14.3. The predicted octanol–water partition coefficient (Wildman–Crippen LogP) is 1.13. The number of anilines is 3. The maximum Gasteiger partial charge on any atom is 0.344 e. The van der Waals surface area contributed by atoms with Crippen LogP contribution in [0.1, 0.15) is 55.2 Å². The summed E-state index contributed by atoms with van der Waals surface area (Å²) in [6, 6.07) is 21.4. The number of phenols is 1. The zero-order valence-corrected chi connectivity index (χ0v) is 33.6. The fraction of sp³-hybridized carbons (Fsp3) is 0.357. The summed E-state index contributed by atoms with van der Waals surface area (Å²) >= 11 is 0. The maximum atomic E-state index is 14.3. The van der Waals surface area contributed by atoms with Crippen LogP contribution in [-0.4, -0.2) is 86.7 Å². The Morgan fingerprint density at radius 1 is 0.700 bits per heavy atom. The van der Waals surface area contributed by atoms with Crippen molar-refractivity contribution in [2.45, 2.75) is 51.1 Å². The van der Waals surface area contributed by atoms with Gasteiger partial charge in [-0.25, -0.2) is 4.79 Å². The van der Waals surface area contributed by atoms with Gasteiger partial charge >= 0.3 is 6.03 Å². The lowest BCUT2D eigenvalue weighted by molar-refractivity contribution is -0.129. The van der Waals surface area contributed by atoms with Crippen molar-refractivity contribution in [3.8, 4) is 5.75 Å². The van der Waals surface area contributed by atoms with Crippen LogP contribution in [0.3, 0.4) is 0 Å². The van der Waals surface area contributed by atoms with E-state index in [1.165, 1.54) is 12.1 Å². The number of nitrogens with zero attached hydrogens (tertiary/aromatic N) is 1. The molecule has 13 N–H and O–H groups in total. The second-order valence-electron chi connectivity index (χ2n) is 13.7. The van der Waals surface area contributed by atoms with E-state index in [2.05, 4.69) is 47.5 Å². The summed E-state index contributed by atoms with van der Waals surface area (Å²) in [5, 5.41) is 32.8. The van der Waals surface area contributed by atoms with Crippen LogP contribution in [0.15, 0.2) is 93.4 Å².